The summed E-state index contributed by atoms with van der Waals surface area (Å²) in [7, 11) is -2.47. The molecule has 0 fully saturated rings. The number of hydrogen-bond donors (Lipinski definition) is 3. The van der Waals surface area contributed by atoms with E-state index in [0.29, 0.717) is 6.61 Å². The first kappa shape index (κ1) is 23.5. The predicted molar refractivity (Wildman–Crippen MR) is 114 cm³/mol. The van der Waals surface area contributed by atoms with Crippen LogP contribution in [0, 0.1) is 0 Å². The largest absolute Gasteiger partial charge is 0.405 e. The highest BCUT2D eigenvalue weighted by atomic mass is 28.4. The second kappa shape index (κ2) is 10.7. The maximum absolute atomic E-state index is 9.77. The molecular weight excluding hydrogens is 356 g/mol. The van der Waals surface area contributed by atoms with E-state index < -0.39 is 20.5 Å². The Hall–Kier alpha value is -1.50. The van der Waals surface area contributed by atoms with Crippen LogP contribution in [0.1, 0.15) is 34.6 Å². The molecule has 3 N–H and O–H groups in total. The highest BCUT2D eigenvalue weighted by Crippen LogP contribution is 2.36. The summed E-state index contributed by atoms with van der Waals surface area (Å²) in [4.78, 5) is 0. The first-order valence-electron chi connectivity index (χ1n) is 9.37. The minimum atomic E-state index is -2.47. The molecule has 27 heavy (non-hydrogen) atoms. The average Bonchev–Trinajstić information content (AvgIpc) is 2.63. The number of hydrogen-bond acceptors (Lipinski definition) is 4. The third kappa shape index (κ3) is 6.55. The van der Waals surface area contributed by atoms with Gasteiger partial charge in [-0.05, 0) is 29.3 Å². The Morgan fingerprint density at radius 3 is 1.44 bits per heavy atom. The van der Waals surface area contributed by atoms with Gasteiger partial charge in [0.2, 0.25) is 0 Å². The highest BCUT2D eigenvalue weighted by molar-refractivity contribution is 6.99. The van der Waals surface area contributed by atoms with Gasteiger partial charge in [0.25, 0.3) is 8.32 Å². The van der Waals surface area contributed by atoms with Gasteiger partial charge in [-0.1, -0.05) is 81.4 Å². The van der Waals surface area contributed by atoms with Crippen molar-refractivity contribution < 1.29 is 19.7 Å². The molecule has 0 aromatic heterocycles. The van der Waals surface area contributed by atoms with Crippen molar-refractivity contribution in [3.8, 4) is 0 Å². The summed E-state index contributed by atoms with van der Waals surface area (Å²) >= 11 is 0. The molecule has 5 heteroatoms. The van der Waals surface area contributed by atoms with Gasteiger partial charge in [-0.2, -0.15) is 0 Å². The van der Waals surface area contributed by atoms with Crippen LogP contribution in [0.5, 0.6) is 0 Å². The number of aliphatic hydroxyl groups is 3. The van der Waals surface area contributed by atoms with Gasteiger partial charge in [-0.15, -0.1) is 0 Å². The van der Waals surface area contributed by atoms with E-state index in [0.717, 1.165) is 0 Å². The predicted octanol–water partition coefficient (Wildman–Crippen LogP) is 2.30. The molecule has 2 rings (SSSR count). The van der Waals surface area contributed by atoms with E-state index in [-0.39, 0.29) is 11.6 Å². The number of benzene rings is 2. The smallest absolute Gasteiger partial charge is 0.261 e. The zero-order chi connectivity index (χ0) is 20.5. The summed E-state index contributed by atoms with van der Waals surface area (Å²) in [5.41, 5.74) is 0. The van der Waals surface area contributed by atoms with Gasteiger partial charge in [0.1, 0.15) is 0 Å². The molecule has 0 aliphatic heterocycles. The lowest BCUT2D eigenvalue weighted by molar-refractivity contribution is 0.110. The SMILES string of the molecule is C[C@@H](O)CO.C[C@@H](O)CO[Si](c1ccccc1)(c1ccccc1)C(C)(C)C. The molecule has 0 bridgehead atoms. The molecule has 0 amide bonds. The minimum absolute atomic E-state index is 0.0371. The van der Waals surface area contributed by atoms with E-state index in [1.165, 1.54) is 17.3 Å². The first-order valence-corrected chi connectivity index (χ1v) is 11.3. The van der Waals surface area contributed by atoms with Crippen LogP contribution in [-0.2, 0) is 4.43 Å². The molecule has 0 heterocycles. The topological polar surface area (TPSA) is 69.9 Å². The molecule has 0 spiro atoms. The third-order valence-corrected chi connectivity index (χ3v) is 9.23. The molecule has 150 valence electrons. The fourth-order valence-electron chi connectivity index (χ4n) is 3.01. The Balaban J connectivity index is 0.000000646. The van der Waals surface area contributed by atoms with E-state index in [2.05, 4.69) is 69.3 Å². The summed E-state index contributed by atoms with van der Waals surface area (Å²) in [6, 6.07) is 21.0. The number of aliphatic hydroxyl groups excluding tert-OH is 3. The van der Waals surface area contributed by atoms with Crippen LogP contribution < -0.4 is 10.4 Å². The van der Waals surface area contributed by atoms with E-state index in [4.69, 9.17) is 14.6 Å². The fourth-order valence-corrected chi connectivity index (χ4v) is 7.65. The number of rotatable bonds is 6. The Labute approximate surface area is 164 Å². The maximum atomic E-state index is 9.77. The monoisotopic (exact) mass is 390 g/mol. The average molecular weight is 391 g/mol. The normalized spacial score (nSPS) is 14.1. The van der Waals surface area contributed by atoms with Crippen molar-refractivity contribution in [3.05, 3.63) is 60.7 Å². The summed E-state index contributed by atoms with van der Waals surface area (Å²) in [6.45, 7) is 10.2. The van der Waals surface area contributed by atoms with E-state index in [1.807, 2.05) is 12.1 Å². The molecule has 0 unspecified atom stereocenters. The van der Waals surface area contributed by atoms with Crippen molar-refractivity contribution in [1.29, 1.82) is 0 Å². The molecule has 2 atom stereocenters. The fraction of sp³-hybridized carbons (Fsp3) is 0.455. The molecule has 0 saturated heterocycles. The zero-order valence-electron chi connectivity index (χ0n) is 17.1. The van der Waals surface area contributed by atoms with Crippen LogP contribution in [0.2, 0.25) is 5.04 Å². The maximum Gasteiger partial charge on any atom is 0.261 e. The molecule has 0 radical (unpaired) electrons. The van der Waals surface area contributed by atoms with E-state index >= 15 is 0 Å². The van der Waals surface area contributed by atoms with Crippen LogP contribution in [-0.4, -0.2) is 49.1 Å². The second-order valence-electron chi connectivity index (χ2n) is 7.85. The summed E-state index contributed by atoms with van der Waals surface area (Å²) in [5, 5.41) is 28.2. The van der Waals surface area contributed by atoms with Crippen molar-refractivity contribution >= 4 is 18.7 Å². The van der Waals surface area contributed by atoms with Crippen molar-refractivity contribution in [2.45, 2.75) is 51.9 Å². The molecule has 2 aromatic carbocycles. The standard InChI is InChI=1S/C19H26O2Si.C3H8O2/c1-16(20)15-21-22(19(2,3)4,17-11-7-5-8-12-17)18-13-9-6-10-14-18;1-3(5)2-4/h5-14,16,20H,15H2,1-4H3;3-5H,2H2,1H3/t16-;3-/m11/s1. The summed E-state index contributed by atoms with van der Waals surface area (Å²) in [6.07, 6.45) is -1.03. The first-order chi connectivity index (χ1) is 12.6. The lowest BCUT2D eigenvalue weighted by Crippen LogP contribution is -2.67. The third-order valence-electron chi connectivity index (χ3n) is 4.22. The Morgan fingerprint density at radius 2 is 1.19 bits per heavy atom. The van der Waals surface area contributed by atoms with Gasteiger partial charge in [-0.3, -0.25) is 0 Å². The minimum Gasteiger partial charge on any atom is -0.405 e. The van der Waals surface area contributed by atoms with E-state index in [1.54, 1.807) is 6.92 Å². The Bertz CT molecular complexity index is 597. The van der Waals surface area contributed by atoms with Gasteiger partial charge >= 0.3 is 0 Å². The van der Waals surface area contributed by atoms with Crippen molar-refractivity contribution in [1.82, 2.24) is 0 Å². The van der Waals surface area contributed by atoms with Gasteiger partial charge in [0.15, 0.2) is 0 Å². The van der Waals surface area contributed by atoms with Crippen LogP contribution in [0.3, 0.4) is 0 Å². The van der Waals surface area contributed by atoms with Gasteiger partial charge in [0, 0.05) is 0 Å². The highest BCUT2D eigenvalue weighted by Gasteiger charge is 2.50. The van der Waals surface area contributed by atoms with Gasteiger partial charge < -0.3 is 19.7 Å². The summed E-state index contributed by atoms with van der Waals surface area (Å²) in [5.74, 6) is 0. The lowest BCUT2D eigenvalue weighted by atomic mass is 10.2. The van der Waals surface area contributed by atoms with Crippen molar-refractivity contribution in [2.75, 3.05) is 13.2 Å². The van der Waals surface area contributed by atoms with Gasteiger partial charge in [0.05, 0.1) is 25.4 Å². The Morgan fingerprint density at radius 1 is 0.815 bits per heavy atom. The quantitative estimate of drug-likeness (QED) is 0.662. The molecule has 0 aliphatic rings. The molecule has 2 aromatic rings. The van der Waals surface area contributed by atoms with Crippen molar-refractivity contribution in [3.63, 3.8) is 0 Å². The molecular formula is C22H34O4Si. The van der Waals surface area contributed by atoms with Crippen LogP contribution >= 0.6 is 0 Å². The van der Waals surface area contributed by atoms with Crippen LogP contribution in [0.15, 0.2) is 60.7 Å². The van der Waals surface area contributed by atoms with Crippen LogP contribution in [0.25, 0.3) is 0 Å². The molecule has 0 aliphatic carbocycles. The van der Waals surface area contributed by atoms with Gasteiger partial charge in [-0.25, -0.2) is 0 Å². The molecule has 4 nitrogen and oxygen atoms in total. The second-order valence-corrected chi connectivity index (χ2v) is 12.2. The summed E-state index contributed by atoms with van der Waals surface area (Å²) < 4.78 is 6.52. The van der Waals surface area contributed by atoms with E-state index in [9.17, 15) is 5.11 Å². The Kier molecular flexibility index (Phi) is 9.36. The molecule has 0 saturated carbocycles. The lowest BCUT2D eigenvalue weighted by Gasteiger charge is -2.43. The zero-order valence-corrected chi connectivity index (χ0v) is 18.1. The van der Waals surface area contributed by atoms with Crippen LogP contribution in [0.4, 0.5) is 0 Å². The van der Waals surface area contributed by atoms with Crippen molar-refractivity contribution in [2.24, 2.45) is 0 Å².